The van der Waals surface area contributed by atoms with Crippen molar-refractivity contribution >= 4 is 23.4 Å². The van der Waals surface area contributed by atoms with Gasteiger partial charge in [0, 0.05) is 44.9 Å². The highest BCUT2D eigenvalue weighted by atomic mass is 19.4. The number of amides is 2. The number of morpholine rings is 1. The first-order chi connectivity index (χ1) is 18.7. The fourth-order valence-corrected chi connectivity index (χ4v) is 5.49. The predicted molar refractivity (Wildman–Crippen MR) is 144 cm³/mol. The standard InChI is InChI=1S/C28H36F3N5O3/c1-19-4-5-22(33-27(37)36-7-6-20(17-36)16-28(29,30)31)15-24(19)21-13-25(32-23-3-2-10-39-18-23)34-26(14-21)35-8-11-38-12-9-35/h4-5,13-15,20,23H,2-3,6-12,16-18H2,1H3,(H,32,34)(H,33,37)/t20-,23-/m0/s1. The first-order valence-corrected chi connectivity index (χ1v) is 13.7. The average molecular weight is 548 g/mol. The van der Waals surface area contributed by atoms with Crippen molar-refractivity contribution in [2.24, 2.45) is 5.92 Å². The van der Waals surface area contributed by atoms with E-state index in [1.165, 1.54) is 4.90 Å². The van der Waals surface area contributed by atoms with Gasteiger partial charge in [0.25, 0.3) is 0 Å². The molecule has 8 nitrogen and oxygen atoms in total. The molecule has 2 amide bonds. The molecule has 1 aromatic carbocycles. The van der Waals surface area contributed by atoms with Crippen molar-refractivity contribution < 1.29 is 27.4 Å². The van der Waals surface area contributed by atoms with Crippen LogP contribution in [0.5, 0.6) is 0 Å². The maximum Gasteiger partial charge on any atom is 0.389 e. The number of likely N-dealkylation sites (tertiary alicyclic amines) is 1. The molecule has 212 valence electrons. The van der Waals surface area contributed by atoms with E-state index in [1.54, 1.807) is 0 Å². The largest absolute Gasteiger partial charge is 0.389 e. The highest BCUT2D eigenvalue weighted by molar-refractivity contribution is 5.91. The molecule has 0 saturated carbocycles. The van der Waals surface area contributed by atoms with Crippen molar-refractivity contribution in [1.82, 2.24) is 9.88 Å². The minimum absolute atomic E-state index is 0.108. The van der Waals surface area contributed by atoms with E-state index in [-0.39, 0.29) is 18.6 Å². The van der Waals surface area contributed by atoms with Crippen molar-refractivity contribution in [1.29, 1.82) is 0 Å². The zero-order valence-corrected chi connectivity index (χ0v) is 22.2. The second-order valence-electron chi connectivity index (χ2n) is 10.6. The van der Waals surface area contributed by atoms with Crippen LogP contribution in [0.3, 0.4) is 0 Å². The van der Waals surface area contributed by atoms with Gasteiger partial charge in [0.15, 0.2) is 0 Å². The van der Waals surface area contributed by atoms with E-state index in [1.807, 2.05) is 31.2 Å². The van der Waals surface area contributed by atoms with Gasteiger partial charge >= 0.3 is 12.2 Å². The van der Waals surface area contributed by atoms with Crippen LogP contribution >= 0.6 is 0 Å². The minimum atomic E-state index is -4.22. The Balaban J connectivity index is 1.36. The van der Waals surface area contributed by atoms with Crippen LogP contribution in [0.15, 0.2) is 30.3 Å². The average Bonchev–Trinajstić information content (AvgIpc) is 3.38. The monoisotopic (exact) mass is 547 g/mol. The van der Waals surface area contributed by atoms with Gasteiger partial charge in [-0.1, -0.05) is 6.07 Å². The highest BCUT2D eigenvalue weighted by Crippen LogP contribution is 2.33. The summed E-state index contributed by atoms with van der Waals surface area (Å²) in [6.07, 6.45) is -2.70. The fourth-order valence-electron chi connectivity index (χ4n) is 5.49. The number of hydrogen-bond acceptors (Lipinski definition) is 6. The number of hydrogen-bond donors (Lipinski definition) is 2. The lowest BCUT2D eigenvalue weighted by atomic mass is 10.00. The van der Waals surface area contributed by atoms with E-state index in [0.717, 1.165) is 60.9 Å². The summed E-state index contributed by atoms with van der Waals surface area (Å²) >= 11 is 0. The first-order valence-electron chi connectivity index (χ1n) is 13.7. The molecule has 4 heterocycles. The number of carbonyl (C=O) groups is 1. The van der Waals surface area contributed by atoms with Crippen molar-refractivity contribution in [2.45, 2.75) is 44.8 Å². The molecule has 3 aliphatic rings. The Morgan fingerprint density at radius 3 is 2.64 bits per heavy atom. The maximum atomic E-state index is 12.9. The molecule has 0 radical (unpaired) electrons. The number of aryl methyl sites for hydroxylation is 1. The molecule has 0 spiro atoms. The summed E-state index contributed by atoms with van der Waals surface area (Å²) in [6.45, 7) is 6.65. The summed E-state index contributed by atoms with van der Waals surface area (Å²) < 4.78 is 49.5. The number of ether oxygens (including phenoxy) is 2. The summed E-state index contributed by atoms with van der Waals surface area (Å²) in [5.74, 6) is 1.07. The van der Waals surface area contributed by atoms with Crippen LogP contribution in [0.2, 0.25) is 0 Å². The van der Waals surface area contributed by atoms with Crippen LogP contribution in [0.25, 0.3) is 11.1 Å². The quantitative estimate of drug-likeness (QED) is 0.512. The normalized spacial score (nSPS) is 22.2. The summed E-state index contributed by atoms with van der Waals surface area (Å²) in [4.78, 5) is 21.5. The lowest BCUT2D eigenvalue weighted by Gasteiger charge is -2.29. The number of urea groups is 1. The fraction of sp³-hybridized carbons (Fsp3) is 0.571. The van der Waals surface area contributed by atoms with Gasteiger partial charge in [-0.2, -0.15) is 13.2 Å². The topological polar surface area (TPSA) is 79.0 Å². The third-order valence-electron chi connectivity index (χ3n) is 7.55. The predicted octanol–water partition coefficient (Wildman–Crippen LogP) is 5.29. The number of anilines is 3. The SMILES string of the molecule is Cc1ccc(NC(=O)N2CC[C@@H](CC(F)(F)F)C2)cc1-c1cc(N[C@H]2CCCOC2)nc(N2CCOCC2)c1. The molecule has 0 unspecified atom stereocenters. The van der Waals surface area contributed by atoms with E-state index >= 15 is 0 Å². The number of pyridine rings is 1. The van der Waals surface area contributed by atoms with Crippen molar-refractivity contribution in [3.05, 3.63) is 35.9 Å². The van der Waals surface area contributed by atoms with Gasteiger partial charge in [-0.05, 0) is 73.1 Å². The van der Waals surface area contributed by atoms with Gasteiger partial charge in [0.2, 0.25) is 0 Å². The molecule has 0 bridgehead atoms. The zero-order valence-electron chi connectivity index (χ0n) is 22.2. The Labute approximate surface area is 226 Å². The second-order valence-corrected chi connectivity index (χ2v) is 10.6. The molecule has 3 saturated heterocycles. The van der Waals surface area contributed by atoms with Crippen molar-refractivity contribution in [3.8, 4) is 11.1 Å². The molecule has 2 atom stereocenters. The number of carbonyl (C=O) groups excluding carboxylic acids is 1. The minimum Gasteiger partial charge on any atom is -0.379 e. The smallest absolute Gasteiger partial charge is 0.379 e. The molecule has 3 aliphatic heterocycles. The first kappa shape index (κ1) is 27.5. The van der Waals surface area contributed by atoms with Gasteiger partial charge in [0.05, 0.1) is 25.9 Å². The van der Waals surface area contributed by atoms with Crippen molar-refractivity contribution in [2.75, 3.05) is 68.1 Å². The number of rotatable bonds is 6. The number of nitrogens with zero attached hydrogens (tertiary/aromatic N) is 3. The molecule has 1 aromatic heterocycles. The van der Waals surface area contributed by atoms with Crippen LogP contribution in [-0.2, 0) is 9.47 Å². The zero-order chi connectivity index (χ0) is 27.4. The Hall–Kier alpha value is -3.05. The summed E-state index contributed by atoms with van der Waals surface area (Å²) in [5, 5.41) is 6.44. The van der Waals surface area contributed by atoms with E-state index in [9.17, 15) is 18.0 Å². The second kappa shape index (κ2) is 12.0. The molecule has 11 heteroatoms. The molecule has 3 fully saturated rings. The summed E-state index contributed by atoms with van der Waals surface area (Å²) in [5.41, 5.74) is 3.54. The number of halogens is 3. The van der Waals surface area contributed by atoms with Gasteiger partial charge in [0.1, 0.15) is 11.6 Å². The molecule has 39 heavy (non-hydrogen) atoms. The van der Waals surface area contributed by atoms with E-state index in [2.05, 4.69) is 21.6 Å². The van der Waals surface area contributed by atoms with E-state index < -0.39 is 18.5 Å². The number of alkyl halides is 3. The van der Waals surface area contributed by atoms with Crippen LogP contribution in [0, 0.1) is 12.8 Å². The number of nitrogens with one attached hydrogen (secondary N) is 2. The molecule has 0 aliphatic carbocycles. The third kappa shape index (κ3) is 7.33. The van der Waals surface area contributed by atoms with Crippen LogP contribution in [-0.4, -0.2) is 80.7 Å². The maximum absolute atomic E-state index is 12.9. The summed E-state index contributed by atoms with van der Waals surface area (Å²) in [6, 6.07) is 9.58. The van der Waals surface area contributed by atoms with Gasteiger partial charge in [-0.3, -0.25) is 0 Å². The Morgan fingerprint density at radius 1 is 1.08 bits per heavy atom. The molecular formula is C28H36F3N5O3. The Morgan fingerprint density at radius 2 is 1.90 bits per heavy atom. The van der Waals surface area contributed by atoms with E-state index in [0.29, 0.717) is 38.5 Å². The van der Waals surface area contributed by atoms with Crippen LogP contribution in [0.4, 0.5) is 35.3 Å². The molecule has 2 N–H and O–H groups in total. The van der Waals surface area contributed by atoms with E-state index in [4.69, 9.17) is 14.5 Å². The number of benzene rings is 1. The lowest BCUT2D eigenvalue weighted by Crippen LogP contribution is -2.37. The molecular weight excluding hydrogens is 511 g/mol. The van der Waals surface area contributed by atoms with Gasteiger partial charge < -0.3 is 29.9 Å². The van der Waals surface area contributed by atoms with Gasteiger partial charge in [-0.25, -0.2) is 9.78 Å². The highest BCUT2D eigenvalue weighted by Gasteiger charge is 2.36. The van der Waals surface area contributed by atoms with Gasteiger partial charge in [-0.15, -0.1) is 0 Å². The summed E-state index contributed by atoms with van der Waals surface area (Å²) in [7, 11) is 0. The Bertz CT molecular complexity index is 1150. The van der Waals surface area contributed by atoms with Crippen LogP contribution < -0.4 is 15.5 Å². The molecule has 5 rings (SSSR count). The number of aromatic nitrogens is 1. The lowest BCUT2D eigenvalue weighted by molar-refractivity contribution is -0.143. The third-order valence-corrected chi connectivity index (χ3v) is 7.55. The van der Waals surface area contributed by atoms with Crippen LogP contribution in [0.1, 0.15) is 31.2 Å². The van der Waals surface area contributed by atoms with Crippen molar-refractivity contribution in [3.63, 3.8) is 0 Å². The Kier molecular flexibility index (Phi) is 8.46. The molecule has 2 aromatic rings.